The van der Waals surface area contributed by atoms with Crippen LogP contribution in [0.15, 0.2) is 36.9 Å². The third-order valence-corrected chi connectivity index (χ3v) is 4.67. The zero-order valence-electron chi connectivity index (χ0n) is 16.3. The fraction of sp³-hybridized carbons (Fsp3) is 0.350. The average Bonchev–Trinajstić information content (AvgIpc) is 3.45. The molecule has 1 fully saturated rings. The predicted molar refractivity (Wildman–Crippen MR) is 106 cm³/mol. The molecule has 0 saturated carbocycles. The minimum atomic E-state index is -1.03. The van der Waals surface area contributed by atoms with Gasteiger partial charge in [-0.25, -0.2) is 19.7 Å². The van der Waals surface area contributed by atoms with Crippen LogP contribution in [-0.4, -0.2) is 57.2 Å². The van der Waals surface area contributed by atoms with Crippen molar-refractivity contribution in [3.8, 4) is 5.75 Å². The quantitative estimate of drug-likeness (QED) is 0.566. The molecule has 10 nitrogen and oxygen atoms in total. The topological polar surface area (TPSA) is 128 Å². The molecule has 30 heavy (non-hydrogen) atoms. The molecule has 0 spiro atoms. The molecule has 1 aliphatic heterocycles. The lowest BCUT2D eigenvalue weighted by atomic mass is 10.2. The van der Waals surface area contributed by atoms with E-state index in [4.69, 9.17) is 14.2 Å². The smallest absolute Gasteiger partial charge is 0.338 e. The van der Waals surface area contributed by atoms with Gasteiger partial charge in [-0.1, -0.05) is 0 Å². The number of carbonyl (C=O) groups excluding carboxylic acids is 2. The first-order valence-corrected chi connectivity index (χ1v) is 9.60. The van der Waals surface area contributed by atoms with Crippen molar-refractivity contribution < 1.29 is 23.8 Å². The van der Waals surface area contributed by atoms with Crippen molar-refractivity contribution in [1.29, 1.82) is 0 Å². The summed E-state index contributed by atoms with van der Waals surface area (Å²) in [6.45, 7) is 2.74. The molecule has 2 N–H and O–H groups in total. The van der Waals surface area contributed by atoms with Gasteiger partial charge in [0, 0.05) is 6.61 Å². The third-order valence-electron chi connectivity index (χ3n) is 4.67. The highest BCUT2D eigenvalue weighted by atomic mass is 16.5. The zero-order chi connectivity index (χ0) is 20.9. The fourth-order valence-electron chi connectivity index (χ4n) is 3.01. The van der Waals surface area contributed by atoms with Gasteiger partial charge >= 0.3 is 5.97 Å². The number of ether oxygens (including phenoxy) is 3. The second-order valence-corrected chi connectivity index (χ2v) is 6.83. The molecule has 0 radical (unpaired) electrons. The van der Waals surface area contributed by atoms with Gasteiger partial charge < -0.3 is 24.5 Å². The van der Waals surface area contributed by atoms with Crippen molar-refractivity contribution in [2.24, 2.45) is 0 Å². The number of carbonyl (C=O) groups is 2. The van der Waals surface area contributed by atoms with E-state index in [1.165, 1.54) is 19.6 Å². The van der Waals surface area contributed by atoms with E-state index in [1.807, 2.05) is 0 Å². The second-order valence-electron chi connectivity index (χ2n) is 6.83. The Balaban J connectivity index is 1.31. The van der Waals surface area contributed by atoms with Gasteiger partial charge in [0.25, 0.3) is 5.91 Å². The Labute approximate surface area is 172 Å². The molecular weight excluding hydrogens is 390 g/mol. The third kappa shape index (κ3) is 4.54. The number of esters is 1. The Kier molecular flexibility index (Phi) is 5.84. The van der Waals surface area contributed by atoms with Crippen LogP contribution in [0.2, 0.25) is 0 Å². The lowest BCUT2D eigenvalue weighted by Crippen LogP contribution is -2.30. The summed E-state index contributed by atoms with van der Waals surface area (Å²) in [7, 11) is 0. The van der Waals surface area contributed by atoms with Crippen molar-refractivity contribution >= 4 is 28.9 Å². The molecule has 1 aromatic carbocycles. The maximum Gasteiger partial charge on any atom is 0.338 e. The number of H-pyrrole nitrogens is 1. The van der Waals surface area contributed by atoms with Gasteiger partial charge in [0.1, 0.15) is 24.2 Å². The zero-order valence-corrected chi connectivity index (χ0v) is 16.3. The summed E-state index contributed by atoms with van der Waals surface area (Å²) in [6, 6.07) is 6.56. The summed E-state index contributed by atoms with van der Waals surface area (Å²) in [4.78, 5) is 39.6. The molecular formula is C20H21N5O5. The van der Waals surface area contributed by atoms with Crippen LogP contribution in [0.25, 0.3) is 11.2 Å². The van der Waals surface area contributed by atoms with Crippen LogP contribution >= 0.6 is 0 Å². The van der Waals surface area contributed by atoms with Crippen LogP contribution in [-0.2, 0) is 14.3 Å². The van der Waals surface area contributed by atoms with E-state index in [2.05, 4.69) is 25.3 Å². The van der Waals surface area contributed by atoms with Gasteiger partial charge in [0.15, 0.2) is 17.6 Å². The van der Waals surface area contributed by atoms with Gasteiger partial charge in [-0.15, -0.1) is 0 Å². The van der Waals surface area contributed by atoms with E-state index in [0.717, 1.165) is 19.4 Å². The van der Waals surface area contributed by atoms with Crippen LogP contribution in [0.5, 0.6) is 5.75 Å². The summed E-state index contributed by atoms with van der Waals surface area (Å²) >= 11 is 0. The van der Waals surface area contributed by atoms with E-state index in [9.17, 15) is 9.59 Å². The SMILES string of the molecule is CC(OC(=O)c1ccc(OCC2CCCO2)cc1)C(=O)Nc1ncnc2nc[nH]c12. The maximum absolute atomic E-state index is 12.4. The first-order valence-electron chi connectivity index (χ1n) is 9.60. The van der Waals surface area contributed by atoms with Crippen LogP contribution in [0.1, 0.15) is 30.1 Å². The summed E-state index contributed by atoms with van der Waals surface area (Å²) in [6.07, 6.45) is 3.87. The number of imidazole rings is 1. The first-order chi connectivity index (χ1) is 14.6. The Morgan fingerprint density at radius 2 is 2.10 bits per heavy atom. The summed E-state index contributed by atoms with van der Waals surface area (Å²) in [5, 5.41) is 2.61. The van der Waals surface area contributed by atoms with Gasteiger partial charge in [0.2, 0.25) is 0 Å². The molecule has 0 bridgehead atoms. The van der Waals surface area contributed by atoms with Crippen molar-refractivity contribution in [2.45, 2.75) is 32.0 Å². The number of anilines is 1. The largest absolute Gasteiger partial charge is 0.491 e. The Morgan fingerprint density at radius 3 is 2.87 bits per heavy atom. The number of amides is 1. The fourth-order valence-corrected chi connectivity index (χ4v) is 3.01. The molecule has 1 amide bonds. The lowest BCUT2D eigenvalue weighted by Gasteiger charge is -2.14. The standard InChI is InChI=1S/C20H21N5O5/c1-12(19(26)25-18-16-17(22-10-21-16)23-11-24-18)30-20(27)13-4-6-14(7-5-13)29-9-15-3-2-8-28-15/h4-7,10-12,15H,2-3,8-9H2,1H3,(H2,21,22,23,24,25,26). The van der Waals surface area contributed by atoms with E-state index in [0.29, 0.717) is 29.1 Å². The molecule has 2 atom stereocenters. The Hall–Kier alpha value is -3.53. The minimum absolute atomic E-state index is 0.117. The Morgan fingerprint density at radius 1 is 1.27 bits per heavy atom. The molecule has 2 aromatic heterocycles. The van der Waals surface area contributed by atoms with E-state index in [-0.39, 0.29) is 11.9 Å². The van der Waals surface area contributed by atoms with Crippen LogP contribution in [0, 0.1) is 0 Å². The highest BCUT2D eigenvalue weighted by Gasteiger charge is 2.21. The van der Waals surface area contributed by atoms with Gasteiger partial charge in [-0.2, -0.15) is 0 Å². The molecule has 1 aliphatic rings. The Bertz CT molecular complexity index is 1030. The number of aromatic amines is 1. The number of fused-ring (bicyclic) bond motifs is 1. The van der Waals surface area contributed by atoms with Gasteiger partial charge in [-0.05, 0) is 44.0 Å². The highest BCUT2D eigenvalue weighted by molar-refractivity contribution is 6.00. The minimum Gasteiger partial charge on any atom is -0.491 e. The molecule has 1 saturated heterocycles. The van der Waals surface area contributed by atoms with Gasteiger partial charge in [0.05, 0.1) is 18.0 Å². The number of hydrogen-bond donors (Lipinski definition) is 2. The number of benzene rings is 1. The number of nitrogens with one attached hydrogen (secondary N) is 2. The highest BCUT2D eigenvalue weighted by Crippen LogP contribution is 2.18. The first kappa shape index (κ1) is 19.8. The van der Waals surface area contributed by atoms with Crippen molar-refractivity contribution in [2.75, 3.05) is 18.5 Å². The maximum atomic E-state index is 12.4. The van der Waals surface area contributed by atoms with Crippen LogP contribution in [0.3, 0.4) is 0 Å². The summed E-state index contributed by atoms with van der Waals surface area (Å²) < 4.78 is 16.5. The number of aromatic nitrogens is 4. The summed E-state index contributed by atoms with van der Waals surface area (Å²) in [5.41, 5.74) is 1.23. The molecule has 3 heterocycles. The average molecular weight is 411 g/mol. The number of nitrogens with zero attached hydrogens (tertiary/aromatic N) is 3. The number of rotatable bonds is 7. The van der Waals surface area contributed by atoms with Gasteiger partial charge in [-0.3, -0.25) is 4.79 Å². The monoisotopic (exact) mass is 411 g/mol. The molecule has 2 unspecified atom stereocenters. The van der Waals surface area contributed by atoms with Crippen molar-refractivity contribution in [1.82, 2.24) is 19.9 Å². The molecule has 3 aromatic rings. The van der Waals surface area contributed by atoms with Crippen LogP contribution in [0.4, 0.5) is 5.82 Å². The molecule has 10 heteroatoms. The number of hydrogen-bond acceptors (Lipinski definition) is 8. The molecule has 0 aliphatic carbocycles. The van der Waals surface area contributed by atoms with E-state index < -0.39 is 18.0 Å². The molecule has 156 valence electrons. The molecule has 4 rings (SSSR count). The normalized spacial score (nSPS) is 16.9. The summed E-state index contributed by atoms with van der Waals surface area (Å²) in [5.74, 6) is -0.231. The second kappa shape index (κ2) is 8.87. The van der Waals surface area contributed by atoms with E-state index in [1.54, 1.807) is 24.3 Å². The van der Waals surface area contributed by atoms with Crippen LogP contribution < -0.4 is 10.1 Å². The van der Waals surface area contributed by atoms with Crippen molar-refractivity contribution in [3.05, 3.63) is 42.5 Å². The van der Waals surface area contributed by atoms with E-state index >= 15 is 0 Å². The predicted octanol–water partition coefficient (Wildman–Crippen LogP) is 2.09. The van der Waals surface area contributed by atoms with Crippen molar-refractivity contribution in [3.63, 3.8) is 0 Å². The lowest BCUT2D eigenvalue weighted by molar-refractivity contribution is -0.123.